The van der Waals surface area contributed by atoms with Gasteiger partial charge in [0.2, 0.25) is 0 Å². The van der Waals surface area contributed by atoms with E-state index < -0.39 is 30.0 Å². The van der Waals surface area contributed by atoms with E-state index in [2.05, 4.69) is 20.1 Å². The van der Waals surface area contributed by atoms with Crippen LogP contribution in [-0.2, 0) is 23.9 Å². The number of aliphatic carboxylic acids is 1. The van der Waals surface area contributed by atoms with Crippen LogP contribution in [0.3, 0.4) is 0 Å². The van der Waals surface area contributed by atoms with Crippen molar-refractivity contribution in [1.82, 2.24) is 10.6 Å². The van der Waals surface area contributed by atoms with Crippen molar-refractivity contribution in [2.75, 3.05) is 20.8 Å². The van der Waals surface area contributed by atoms with E-state index in [0.717, 1.165) is 7.11 Å². The lowest BCUT2D eigenvalue weighted by Gasteiger charge is -2.14. The molecule has 0 aliphatic carbocycles. The minimum Gasteiger partial charge on any atom is -0.480 e. The summed E-state index contributed by atoms with van der Waals surface area (Å²) in [7, 11) is 2.33. The number of esters is 2. The van der Waals surface area contributed by atoms with E-state index in [9.17, 15) is 19.2 Å². The van der Waals surface area contributed by atoms with Crippen molar-refractivity contribution in [3.63, 3.8) is 0 Å². The van der Waals surface area contributed by atoms with Crippen LogP contribution in [0.5, 0.6) is 0 Å². The molecule has 0 aromatic heterocycles. The largest absolute Gasteiger partial charge is 0.480 e. The minimum atomic E-state index is -1.29. The van der Waals surface area contributed by atoms with Gasteiger partial charge in [0.05, 0.1) is 14.2 Å². The molecule has 0 aromatic carbocycles. The van der Waals surface area contributed by atoms with E-state index in [1.54, 1.807) is 0 Å². The molecule has 0 aromatic rings. The summed E-state index contributed by atoms with van der Waals surface area (Å²) < 4.78 is 8.65. The van der Waals surface area contributed by atoms with Crippen LogP contribution in [0.2, 0.25) is 0 Å². The van der Waals surface area contributed by atoms with Gasteiger partial charge in [0, 0.05) is 6.42 Å². The molecule has 2 amide bonds. The first-order valence-electron chi connectivity index (χ1n) is 5.31. The van der Waals surface area contributed by atoms with Crippen molar-refractivity contribution in [2.45, 2.75) is 18.9 Å². The van der Waals surface area contributed by atoms with Gasteiger partial charge in [0.25, 0.3) is 0 Å². The second-order valence-electron chi connectivity index (χ2n) is 3.41. The van der Waals surface area contributed by atoms with Crippen molar-refractivity contribution >= 4 is 23.9 Å². The lowest BCUT2D eigenvalue weighted by molar-refractivity contribution is -0.142. The van der Waals surface area contributed by atoms with E-state index in [4.69, 9.17) is 5.11 Å². The number of carbonyl (C=O) groups excluding carboxylic acids is 3. The first kappa shape index (κ1) is 16.7. The monoisotopic (exact) mass is 276 g/mol. The van der Waals surface area contributed by atoms with Gasteiger partial charge in [-0.3, -0.25) is 9.59 Å². The SMILES string of the molecule is COC(=O)CC[C@H](NC(=O)NCC(=O)OC)C(=O)O. The Morgan fingerprint density at radius 2 is 1.68 bits per heavy atom. The highest BCUT2D eigenvalue weighted by Gasteiger charge is 2.21. The molecule has 0 radical (unpaired) electrons. The van der Waals surface area contributed by atoms with E-state index >= 15 is 0 Å². The predicted molar refractivity (Wildman–Crippen MR) is 61.2 cm³/mol. The number of hydrogen-bond acceptors (Lipinski definition) is 6. The van der Waals surface area contributed by atoms with Crippen LogP contribution in [0.1, 0.15) is 12.8 Å². The molecule has 0 aliphatic heterocycles. The molecule has 0 fully saturated rings. The third-order valence-corrected chi connectivity index (χ3v) is 2.09. The average Bonchev–Trinajstić information content (AvgIpc) is 2.39. The Kier molecular flexibility index (Phi) is 7.66. The third kappa shape index (κ3) is 7.58. The summed E-state index contributed by atoms with van der Waals surface area (Å²) in [5.41, 5.74) is 0. The molecule has 0 spiro atoms. The fraction of sp³-hybridized carbons (Fsp3) is 0.600. The number of urea groups is 1. The zero-order valence-electron chi connectivity index (χ0n) is 10.6. The molecule has 1 atom stereocenters. The van der Waals surface area contributed by atoms with E-state index in [0.29, 0.717) is 0 Å². The summed E-state index contributed by atoms with van der Waals surface area (Å²) >= 11 is 0. The van der Waals surface area contributed by atoms with Gasteiger partial charge in [-0.25, -0.2) is 9.59 Å². The summed E-state index contributed by atoms with van der Waals surface area (Å²) in [5.74, 6) is -2.54. The number of nitrogens with one attached hydrogen (secondary N) is 2. The summed E-state index contributed by atoms with van der Waals surface area (Å²) in [6.45, 7) is -0.383. The lowest BCUT2D eigenvalue weighted by Crippen LogP contribution is -2.47. The number of ether oxygens (including phenoxy) is 2. The van der Waals surface area contributed by atoms with Gasteiger partial charge in [-0.1, -0.05) is 0 Å². The van der Waals surface area contributed by atoms with Crippen LogP contribution in [-0.4, -0.2) is 55.9 Å². The van der Waals surface area contributed by atoms with Crippen LogP contribution in [0.25, 0.3) is 0 Å². The van der Waals surface area contributed by atoms with Gasteiger partial charge < -0.3 is 25.2 Å². The second kappa shape index (κ2) is 8.72. The summed E-state index contributed by atoms with van der Waals surface area (Å²) in [5, 5.41) is 13.1. The highest BCUT2D eigenvalue weighted by atomic mass is 16.5. The summed E-state index contributed by atoms with van der Waals surface area (Å²) in [6.07, 6.45) is -0.265. The Bertz CT molecular complexity index is 356. The van der Waals surface area contributed by atoms with Gasteiger partial charge in [-0.15, -0.1) is 0 Å². The fourth-order valence-corrected chi connectivity index (χ4v) is 1.06. The quantitative estimate of drug-likeness (QED) is 0.501. The van der Waals surface area contributed by atoms with Crippen molar-refractivity contribution in [3.05, 3.63) is 0 Å². The molecule has 0 saturated heterocycles. The molecule has 0 bridgehead atoms. The smallest absolute Gasteiger partial charge is 0.326 e. The number of rotatable bonds is 7. The normalized spacial score (nSPS) is 11.1. The molecule has 0 unspecified atom stereocenters. The predicted octanol–water partition coefficient (Wildman–Crippen LogP) is -1.13. The maximum absolute atomic E-state index is 11.3. The van der Waals surface area contributed by atoms with Crippen molar-refractivity contribution in [1.29, 1.82) is 0 Å². The Morgan fingerprint density at radius 3 is 2.16 bits per heavy atom. The van der Waals surface area contributed by atoms with Gasteiger partial charge in [-0.05, 0) is 6.42 Å². The van der Waals surface area contributed by atoms with Crippen LogP contribution < -0.4 is 10.6 Å². The van der Waals surface area contributed by atoms with Crippen molar-refractivity contribution in [3.8, 4) is 0 Å². The topological polar surface area (TPSA) is 131 Å². The lowest BCUT2D eigenvalue weighted by atomic mass is 10.1. The zero-order valence-corrected chi connectivity index (χ0v) is 10.6. The van der Waals surface area contributed by atoms with E-state index in [1.165, 1.54) is 7.11 Å². The highest BCUT2D eigenvalue weighted by Crippen LogP contribution is 1.99. The first-order valence-corrected chi connectivity index (χ1v) is 5.31. The van der Waals surface area contributed by atoms with Crippen molar-refractivity contribution in [2.24, 2.45) is 0 Å². The molecule has 0 rings (SSSR count). The maximum atomic E-state index is 11.3. The van der Waals surface area contributed by atoms with Crippen LogP contribution in [0, 0.1) is 0 Å². The minimum absolute atomic E-state index is 0.117. The highest BCUT2D eigenvalue weighted by molar-refractivity contribution is 5.85. The van der Waals surface area contributed by atoms with Gasteiger partial charge in [-0.2, -0.15) is 0 Å². The van der Waals surface area contributed by atoms with Crippen LogP contribution in [0.4, 0.5) is 4.79 Å². The van der Waals surface area contributed by atoms with Crippen LogP contribution >= 0.6 is 0 Å². The van der Waals surface area contributed by atoms with Gasteiger partial charge >= 0.3 is 23.9 Å². The average molecular weight is 276 g/mol. The van der Waals surface area contributed by atoms with Gasteiger partial charge in [0.15, 0.2) is 0 Å². The Hall–Kier alpha value is -2.32. The first-order chi connectivity index (χ1) is 8.90. The molecular weight excluding hydrogens is 260 g/mol. The molecule has 9 heteroatoms. The number of carboxylic acids is 1. The number of carboxylic acid groups (broad SMARTS) is 1. The Morgan fingerprint density at radius 1 is 1.11 bits per heavy atom. The van der Waals surface area contributed by atoms with Crippen molar-refractivity contribution < 1.29 is 33.8 Å². The Balaban J connectivity index is 4.19. The summed E-state index contributed by atoms with van der Waals surface area (Å²) in [6, 6.07) is -2.10. The molecule has 19 heavy (non-hydrogen) atoms. The third-order valence-electron chi connectivity index (χ3n) is 2.09. The van der Waals surface area contributed by atoms with E-state index in [1.807, 2.05) is 0 Å². The Labute approximate surface area is 109 Å². The molecular formula is C10H16N2O7. The molecule has 108 valence electrons. The second-order valence-corrected chi connectivity index (χ2v) is 3.41. The maximum Gasteiger partial charge on any atom is 0.326 e. The molecule has 0 saturated carbocycles. The standard InChI is InChI=1S/C10H16N2O7/c1-18-7(13)4-3-6(9(15)16)12-10(17)11-5-8(14)19-2/h6H,3-5H2,1-2H3,(H,15,16)(H2,11,12,17)/t6-/m0/s1. The number of hydrogen-bond donors (Lipinski definition) is 3. The van der Waals surface area contributed by atoms with Crippen LogP contribution in [0.15, 0.2) is 0 Å². The number of amides is 2. The molecule has 3 N–H and O–H groups in total. The fourth-order valence-electron chi connectivity index (χ4n) is 1.06. The van der Waals surface area contributed by atoms with Gasteiger partial charge in [0.1, 0.15) is 12.6 Å². The number of carbonyl (C=O) groups is 4. The molecule has 0 heterocycles. The molecule has 0 aliphatic rings. The summed E-state index contributed by atoms with van der Waals surface area (Å²) in [4.78, 5) is 43.7. The zero-order chi connectivity index (χ0) is 14.8. The van der Waals surface area contributed by atoms with E-state index in [-0.39, 0.29) is 19.4 Å². The molecule has 9 nitrogen and oxygen atoms in total. The number of methoxy groups -OCH3 is 2.